The Morgan fingerprint density at radius 1 is 0.458 bits per heavy atom. The summed E-state index contributed by atoms with van der Waals surface area (Å²) in [7, 11) is 3.42. The molecular formula is C42H36N2P2S2. The molecule has 0 bridgehead atoms. The summed E-state index contributed by atoms with van der Waals surface area (Å²) in [5.41, 5.74) is 9.19. The molecule has 0 amide bonds. The first-order chi connectivity index (χ1) is 23.6. The Labute approximate surface area is 297 Å². The summed E-state index contributed by atoms with van der Waals surface area (Å²) < 4.78 is 0. The van der Waals surface area contributed by atoms with E-state index in [0.717, 1.165) is 27.6 Å². The van der Waals surface area contributed by atoms with Gasteiger partial charge in [-0.2, -0.15) is 0 Å². The molecule has 0 saturated carbocycles. The first kappa shape index (κ1) is 33.6. The number of anilines is 4. The largest absolute Gasteiger partial charge is 0.355 e. The quantitative estimate of drug-likeness (QED) is 0.104. The van der Waals surface area contributed by atoms with Crippen LogP contribution in [-0.4, -0.2) is 0 Å². The molecule has 2 atom stereocenters. The van der Waals surface area contributed by atoms with Gasteiger partial charge in [-0.15, -0.1) is 21.9 Å². The number of benzene rings is 7. The predicted molar refractivity (Wildman–Crippen MR) is 220 cm³/mol. The smallest absolute Gasteiger partial charge is 0.0525 e. The van der Waals surface area contributed by atoms with Crippen molar-refractivity contribution in [3.63, 3.8) is 0 Å². The van der Waals surface area contributed by atoms with Crippen molar-refractivity contribution in [2.75, 3.05) is 10.6 Å². The molecule has 7 rings (SSSR count). The van der Waals surface area contributed by atoms with Gasteiger partial charge in [0.25, 0.3) is 0 Å². The van der Waals surface area contributed by atoms with Crippen LogP contribution in [0.4, 0.5) is 22.7 Å². The molecule has 0 heterocycles. The number of thiol groups is 1. The normalized spacial score (nSPS) is 10.7. The summed E-state index contributed by atoms with van der Waals surface area (Å²) in [6.07, 6.45) is 0. The van der Waals surface area contributed by atoms with E-state index in [0.29, 0.717) is 7.78 Å². The van der Waals surface area contributed by atoms with Gasteiger partial charge in [0.1, 0.15) is 0 Å². The van der Waals surface area contributed by atoms with Crippen LogP contribution in [0.3, 0.4) is 0 Å². The van der Waals surface area contributed by atoms with Crippen molar-refractivity contribution in [2.45, 2.75) is 9.79 Å². The third-order valence-corrected chi connectivity index (χ3v) is 11.2. The molecule has 7 aromatic carbocycles. The lowest BCUT2D eigenvalue weighted by atomic mass is 10.1. The minimum atomic E-state index is 0.678. The first-order valence-electron chi connectivity index (χ1n) is 15.6. The van der Waals surface area contributed by atoms with Crippen LogP contribution in [0.25, 0.3) is 22.3 Å². The molecule has 0 aliphatic heterocycles. The van der Waals surface area contributed by atoms with Crippen molar-refractivity contribution in [2.24, 2.45) is 0 Å². The lowest BCUT2D eigenvalue weighted by Gasteiger charge is -2.13. The van der Waals surface area contributed by atoms with Gasteiger partial charge in [-0.3, -0.25) is 0 Å². The van der Waals surface area contributed by atoms with E-state index in [1.807, 2.05) is 47.8 Å². The number of nitrogens with one attached hydrogen (secondary N) is 2. The summed E-state index contributed by atoms with van der Waals surface area (Å²) in [5.74, 6) is 0. The van der Waals surface area contributed by atoms with Gasteiger partial charge in [-0.25, -0.2) is 0 Å². The summed E-state index contributed by atoms with van der Waals surface area (Å²) in [6.45, 7) is 0. The Hall–Kier alpha value is -4.30. The van der Waals surface area contributed by atoms with Crippen molar-refractivity contribution in [1.82, 2.24) is 0 Å². The molecule has 6 heteroatoms. The van der Waals surface area contributed by atoms with E-state index < -0.39 is 0 Å². The maximum Gasteiger partial charge on any atom is 0.0525 e. The van der Waals surface area contributed by atoms with Gasteiger partial charge in [-0.1, -0.05) is 145 Å². The molecule has 0 fully saturated rings. The first-order valence-corrected chi connectivity index (χ1v) is 19.2. The van der Waals surface area contributed by atoms with Crippen LogP contribution in [0.2, 0.25) is 0 Å². The average molecular weight is 695 g/mol. The maximum absolute atomic E-state index is 4.46. The van der Waals surface area contributed by atoms with Crippen LogP contribution in [0.15, 0.2) is 192 Å². The summed E-state index contributed by atoms with van der Waals surface area (Å²) in [5, 5.41) is 9.59. The summed E-state index contributed by atoms with van der Waals surface area (Å²) >= 11 is 6.35. The van der Waals surface area contributed by atoms with Gasteiger partial charge < -0.3 is 10.6 Å². The highest BCUT2D eigenvalue weighted by atomic mass is 32.7. The molecule has 0 aliphatic carbocycles. The molecule has 0 aromatic heterocycles. The van der Waals surface area contributed by atoms with Crippen LogP contribution < -0.4 is 21.2 Å². The van der Waals surface area contributed by atoms with Crippen LogP contribution in [-0.2, 0) is 0 Å². The number of rotatable bonds is 9. The molecule has 2 nitrogen and oxygen atoms in total. The zero-order chi connectivity index (χ0) is 33.0. The highest BCUT2D eigenvalue weighted by Gasteiger charge is 2.06. The molecule has 0 aliphatic rings. The van der Waals surface area contributed by atoms with E-state index in [2.05, 4.69) is 178 Å². The second-order valence-electron chi connectivity index (χ2n) is 11.0. The van der Waals surface area contributed by atoms with Crippen molar-refractivity contribution in [3.8, 4) is 22.3 Å². The SMILES string of the molecule is Pc1ccc(PSc2ccccc2Nc2cccc(-c3ccccc3)c2)cc1.Sc1ccccc1Nc1cccc(-c2ccccc2)c1. The molecule has 7 aromatic rings. The van der Waals surface area contributed by atoms with Gasteiger partial charge in [0, 0.05) is 21.2 Å². The van der Waals surface area contributed by atoms with Crippen LogP contribution in [0.1, 0.15) is 0 Å². The Morgan fingerprint density at radius 2 is 0.938 bits per heavy atom. The minimum absolute atomic E-state index is 0.678. The molecule has 236 valence electrons. The van der Waals surface area contributed by atoms with Gasteiger partial charge in [0.05, 0.1) is 11.4 Å². The van der Waals surface area contributed by atoms with Crippen LogP contribution in [0.5, 0.6) is 0 Å². The topological polar surface area (TPSA) is 24.1 Å². The Balaban J connectivity index is 0.000000177. The lowest BCUT2D eigenvalue weighted by molar-refractivity contribution is 1.42. The van der Waals surface area contributed by atoms with Crippen LogP contribution >= 0.6 is 41.0 Å². The number of hydrogen-bond donors (Lipinski definition) is 3. The lowest BCUT2D eigenvalue weighted by Crippen LogP contribution is -1.97. The molecule has 0 saturated heterocycles. The zero-order valence-electron chi connectivity index (χ0n) is 26.3. The van der Waals surface area contributed by atoms with Crippen molar-refractivity contribution in [3.05, 3.63) is 182 Å². The van der Waals surface area contributed by atoms with Crippen molar-refractivity contribution >= 4 is 74.4 Å². The zero-order valence-corrected chi connectivity index (χ0v) is 30.1. The predicted octanol–water partition coefficient (Wildman–Crippen LogP) is 12.0. The van der Waals surface area contributed by atoms with Gasteiger partial charge in [0.2, 0.25) is 0 Å². The van der Waals surface area contributed by atoms with E-state index in [-0.39, 0.29) is 0 Å². The highest BCUT2D eigenvalue weighted by Crippen LogP contribution is 2.41. The van der Waals surface area contributed by atoms with Crippen LogP contribution in [0, 0.1) is 0 Å². The molecule has 0 radical (unpaired) electrons. The number of para-hydroxylation sites is 2. The third-order valence-electron chi connectivity index (χ3n) is 7.48. The standard InChI is InChI=1S/C24H21NP2S.C18H15NS/c26-21-13-15-22(16-14-21)27-28-24-12-5-4-11-23(24)25-20-10-6-9-19(17-20)18-7-2-1-3-8-18;20-18-12-5-4-11-17(18)19-16-10-6-9-15(13-16)14-7-2-1-3-8-14/h1-17,25,27H,26H2;1-13,19-20H. The van der Waals surface area contributed by atoms with Gasteiger partial charge in [-0.05, 0) is 89.2 Å². The Bertz CT molecular complexity index is 2050. The molecule has 2 unspecified atom stereocenters. The minimum Gasteiger partial charge on any atom is -0.355 e. The fraction of sp³-hybridized carbons (Fsp3) is 0. The van der Waals surface area contributed by atoms with Crippen molar-refractivity contribution in [1.29, 1.82) is 0 Å². The van der Waals surface area contributed by atoms with E-state index >= 15 is 0 Å². The average Bonchev–Trinajstić information content (AvgIpc) is 3.14. The summed E-state index contributed by atoms with van der Waals surface area (Å²) in [6, 6.07) is 63.0. The molecule has 0 spiro atoms. The second-order valence-corrected chi connectivity index (χ2v) is 14.8. The Kier molecular flexibility index (Phi) is 12.0. The van der Waals surface area contributed by atoms with Crippen molar-refractivity contribution < 1.29 is 0 Å². The molecule has 2 N–H and O–H groups in total. The van der Waals surface area contributed by atoms with E-state index in [9.17, 15) is 0 Å². The molecular weight excluding hydrogens is 659 g/mol. The van der Waals surface area contributed by atoms with E-state index in [1.165, 1.54) is 37.8 Å². The Morgan fingerprint density at radius 3 is 1.52 bits per heavy atom. The van der Waals surface area contributed by atoms with Gasteiger partial charge in [0.15, 0.2) is 0 Å². The number of hydrogen-bond acceptors (Lipinski definition) is 4. The fourth-order valence-corrected chi connectivity index (χ4v) is 7.97. The van der Waals surface area contributed by atoms with Gasteiger partial charge >= 0.3 is 0 Å². The summed E-state index contributed by atoms with van der Waals surface area (Å²) in [4.78, 5) is 2.21. The fourth-order valence-electron chi connectivity index (χ4n) is 5.03. The highest BCUT2D eigenvalue weighted by molar-refractivity contribution is 8.51. The molecule has 48 heavy (non-hydrogen) atoms. The monoisotopic (exact) mass is 694 g/mol. The second kappa shape index (κ2) is 17.2. The maximum atomic E-state index is 4.46. The van der Waals surface area contributed by atoms with E-state index in [1.54, 1.807) is 0 Å². The third kappa shape index (κ3) is 9.63. The van der Waals surface area contributed by atoms with E-state index in [4.69, 9.17) is 0 Å².